The minimum absolute atomic E-state index is 0.0104. The van der Waals surface area contributed by atoms with E-state index in [1.54, 1.807) is 12.1 Å². The summed E-state index contributed by atoms with van der Waals surface area (Å²) in [5.41, 5.74) is 0.535. The number of carbonyl (C=O) groups is 3. The maximum Gasteiger partial charge on any atom is 0.326 e. The van der Waals surface area contributed by atoms with Gasteiger partial charge in [-0.05, 0) is 30.7 Å². The molecule has 0 aliphatic carbocycles. The van der Waals surface area contributed by atoms with Gasteiger partial charge in [-0.3, -0.25) is 24.6 Å². The molecule has 2 heterocycles. The topological polar surface area (TPSA) is 151 Å². The number of nitro benzene ring substituents is 1. The number of benzene rings is 1. The fourth-order valence-corrected chi connectivity index (χ4v) is 4.17. The van der Waals surface area contributed by atoms with Crippen molar-refractivity contribution in [3.63, 3.8) is 0 Å². The number of thioether (sulfide) groups is 1. The first-order valence-corrected chi connectivity index (χ1v) is 9.96. The first kappa shape index (κ1) is 22.2. The lowest BCUT2D eigenvalue weighted by atomic mass is 10.1. The van der Waals surface area contributed by atoms with Crippen LogP contribution in [0.15, 0.2) is 45.7 Å². The van der Waals surface area contributed by atoms with Crippen LogP contribution in [0.3, 0.4) is 0 Å². The lowest BCUT2D eigenvalue weighted by Gasteiger charge is -2.22. The number of furan rings is 1. The molecule has 1 atom stereocenters. The number of rotatable bonds is 8. The highest BCUT2D eigenvalue weighted by atomic mass is 32.2. The fraction of sp³-hybridized carbons (Fsp3) is 0.158. The summed E-state index contributed by atoms with van der Waals surface area (Å²) in [6, 6.07) is 7.56. The summed E-state index contributed by atoms with van der Waals surface area (Å²) in [5, 5.41) is 29.0. The minimum Gasteiger partial charge on any atom is -0.481 e. The zero-order chi connectivity index (χ0) is 22.7. The van der Waals surface area contributed by atoms with Gasteiger partial charge in [-0.25, -0.2) is 4.79 Å². The Bertz CT molecular complexity index is 1110. The van der Waals surface area contributed by atoms with Crippen LogP contribution >= 0.6 is 24.0 Å². The highest BCUT2D eigenvalue weighted by molar-refractivity contribution is 8.26. The van der Waals surface area contributed by atoms with Crippen molar-refractivity contribution < 1.29 is 33.9 Å². The second kappa shape index (κ2) is 9.10. The lowest BCUT2D eigenvalue weighted by molar-refractivity contribution is -0.384. The van der Waals surface area contributed by atoms with Gasteiger partial charge in [0.2, 0.25) is 0 Å². The molecule has 1 aliphatic heterocycles. The van der Waals surface area contributed by atoms with E-state index in [2.05, 4.69) is 0 Å². The van der Waals surface area contributed by atoms with E-state index in [1.807, 2.05) is 0 Å². The van der Waals surface area contributed by atoms with Gasteiger partial charge >= 0.3 is 11.9 Å². The summed E-state index contributed by atoms with van der Waals surface area (Å²) < 4.78 is 5.68. The molecule has 31 heavy (non-hydrogen) atoms. The second-order valence-electron chi connectivity index (χ2n) is 6.34. The molecule has 1 aromatic heterocycles. The normalized spacial score (nSPS) is 16.0. The number of hydrogen-bond donors (Lipinski definition) is 2. The number of thiocarbonyl (C=S) groups is 1. The summed E-state index contributed by atoms with van der Waals surface area (Å²) in [5.74, 6) is -2.47. The highest BCUT2D eigenvalue weighted by Crippen LogP contribution is 2.35. The molecule has 1 amide bonds. The van der Waals surface area contributed by atoms with Gasteiger partial charge in [0.15, 0.2) is 0 Å². The molecule has 3 rings (SSSR count). The maximum atomic E-state index is 12.7. The maximum absolute atomic E-state index is 12.7. The van der Waals surface area contributed by atoms with Gasteiger partial charge in [-0.2, -0.15) is 0 Å². The van der Waals surface area contributed by atoms with E-state index >= 15 is 0 Å². The van der Waals surface area contributed by atoms with E-state index < -0.39 is 35.2 Å². The van der Waals surface area contributed by atoms with E-state index in [4.69, 9.17) is 21.7 Å². The van der Waals surface area contributed by atoms with Crippen LogP contribution < -0.4 is 0 Å². The highest BCUT2D eigenvalue weighted by Gasteiger charge is 2.40. The summed E-state index contributed by atoms with van der Waals surface area (Å²) in [7, 11) is 0. The Hall–Kier alpha value is -3.51. The first-order chi connectivity index (χ1) is 14.7. The fourth-order valence-electron chi connectivity index (χ4n) is 2.83. The Balaban J connectivity index is 1.80. The van der Waals surface area contributed by atoms with Crippen molar-refractivity contribution in [3.8, 4) is 11.3 Å². The Morgan fingerprint density at radius 2 is 1.90 bits per heavy atom. The molecule has 0 radical (unpaired) electrons. The van der Waals surface area contributed by atoms with Crippen LogP contribution in [0.1, 0.15) is 18.6 Å². The summed E-state index contributed by atoms with van der Waals surface area (Å²) in [6.45, 7) is 0. The molecule has 1 aliphatic rings. The van der Waals surface area contributed by atoms with Crippen molar-refractivity contribution in [2.24, 2.45) is 0 Å². The van der Waals surface area contributed by atoms with Crippen molar-refractivity contribution in [3.05, 3.63) is 57.2 Å². The Kier molecular flexibility index (Phi) is 6.51. The van der Waals surface area contributed by atoms with E-state index in [9.17, 15) is 29.6 Å². The van der Waals surface area contributed by atoms with E-state index in [1.165, 1.54) is 30.3 Å². The van der Waals surface area contributed by atoms with Crippen LogP contribution in [0.5, 0.6) is 0 Å². The van der Waals surface area contributed by atoms with E-state index in [0.29, 0.717) is 17.1 Å². The van der Waals surface area contributed by atoms with E-state index in [0.717, 1.165) is 16.7 Å². The van der Waals surface area contributed by atoms with Crippen molar-refractivity contribution in [2.75, 3.05) is 0 Å². The van der Waals surface area contributed by atoms with Gasteiger partial charge in [0.05, 0.1) is 9.83 Å². The molecule has 0 bridgehead atoms. The average molecular weight is 462 g/mol. The Morgan fingerprint density at radius 1 is 1.23 bits per heavy atom. The number of carbonyl (C=O) groups excluding carboxylic acids is 1. The van der Waals surface area contributed by atoms with Crippen LogP contribution in [0.4, 0.5) is 5.69 Å². The molecule has 2 aromatic rings. The number of carboxylic acids is 2. The zero-order valence-electron chi connectivity index (χ0n) is 15.6. The minimum atomic E-state index is -1.39. The molecule has 1 aromatic carbocycles. The van der Waals surface area contributed by atoms with Crippen LogP contribution in [-0.4, -0.2) is 48.2 Å². The predicted octanol–water partition coefficient (Wildman–Crippen LogP) is 3.37. The molecular formula is C19H14N2O8S2. The van der Waals surface area contributed by atoms with Gasteiger partial charge in [-0.1, -0.05) is 24.0 Å². The number of carboxylic acid groups (broad SMARTS) is 2. The molecule has 10 nitrogen and oxygen atoms in total. The number of nitro groups is 1. The second-order valence-corrected chi connectivity index (χ2v) is 8.02. The Labute approximate surface area is 184 Å². The summed E-state index contributed by atoms with van der Waals surface area (Å²) >= 11 is 6.02. The van der Waals surface area contributed by atoms with E-state index in [-0.39, 0.29) is 21.3 Å². The lowest BCUT2D eigenvalue weighted by Crippen LogP contribution is -2.44. The third-order valence-electron chi connectivity index (χ3n) is 4.31. The summed E-state index contributed by atoms with van der Waals surface area (Å²) in [6.07, 6.45) is 0.698. The van der Waals surface area contributed by atoms with Gasteiger partial charge in [0.1, 0.15) is 21.9 Å². The number of hydrogen-bond acceptors (Lipinski definition) is 8. The molecule has 0 spiro atoms. The van der Waals surface area contributed by atoms with Crippen molar-refractivity contribution in [1.29, 1.82) is 0 Å². The van der Waals surface area contributed by atoms with Crippen LogP contribution in [0, 0.1) is 10.1 Å². The summed E-state index contributed by atoms with van der Waals surface area (Å²) in [4.78, 5) is 46.3. The third-order valence-corrected chi connectivity index (χ3v) is 5.65. The third kappa shape index (κ3) is 4.98. The largest absolute Gasteiger partial charge is 0.481 e. The molecular weight excluding hydrogens is 448 g/mol. The van der Waals surface area contributed by atoms with Crippen molar-refractivity contribution in [1.82, 2.24) is 4.90 Å². The zero-order valence-corrected chi connectivity index (χ0v) is 17.2. The molecule has 1 unspecified atom stereocenters. The van der Waals surface area contributed by atoms with Crippen LogP contribution in [0.2, 0.25) is 0 Å². The smallest absolute Gasteiger partial charge is 0.326 e. The monoisotopic (exact) mass is 462 g/mol. The standard InChI is InChI=1S/C19H14N2O8S2/c22-16(23)8-6-13(18(25)26)20-17(24)15(31-19(20)30)9-12-5-7-14(29-12)10-1-3-11(4-2-10)21(27)28/h1-5,7,9,13H,6,8H2,(H,22,23)(H,25,26)/b15-9+. The Morgan fingerprint density at radius 3 is 2.48 bits per heavy atom. The van der Waals surface area contributed by atoms with Gasteiger partial charge in [0.25, 0.3) is 11.6 Å². The average Bonchev–Trinajstić information content (AvgIpc) is 3.28. The quantitative estimate of drug-likeness (QED) is 0.258. The number of amides is 1. The predicted molar refractivity (Wildman–Crippen MR) is 114 cm³/mol. The van der Waals surface area contributed by atoms with Crippen molar-refractivity contribution >= 4 is 57.9 Å². The first-order valence-electron chi connectivity index (χ1n) is 8.73. The van der Waals surface area contributed by atoms with Crippen LogP contribution in [-0.2, 0) is 14.4 Å². The van der Waals surface area contributed by atoms with Crippen molar-refractivity contribution in [2.45, 2.75) is 18.9 Å². The van der Waals surface area contributed by atoms with Gasteiger partial charge in [-0.15, -0.1) is 0 Å². The molecule has 12 heteroatoms. The molecule has 2 N–H and O–H groups in total. The van der Waals surface area contributed by atoms with Crippen LogP contribution in [0.25, 0.3) is 17.4 Å². The van der Waals surface area contributed by atoms with Gasteiger partial charge < -0.3 is 14.6 Å². The molecule has 160 valence electrons. The molecule has 1 saturated heterocycles. The van der Waals surface area contributed by atoms with Gasteiger partial charge in [0, 0.05) is 30.2 Å². The number of non-ortho nitro benzene ring substituents is 1. The molecule has 0 saturated carbocycles. The number of aliphatic carboxylic acids is 2. The SMILES string of the molecule is O=C(O)CCC(C(=O)O)N1C(=O)/C(=C\c2ccc(-c3ccc([N+](=O)[O-])cc3)o2)SC1=S. The molecule has 1 fully saturated rings. The number of nitrogens with zero attached hydrogens (tertiary/aromatic N) is 2.